The van der Waals surface area contributed by atoms with Crippen LogP contribution in [-0.4, -0.2) is 49.3 Å². The Hall–Kier alpha value is -3.07. The number of esters is 2. The molecule has 312 valence electrons. The van der Waals surface area contributed by atoms with E-state index < -0.39 is 32.5 Å². The van der Waals surface area contributed by atoms with Crippen LogP contribution in [0.2, 0.25) is 0 Å². The van der Waals surface area contributed by atoms with Crippen LogP contribution in [0, 0.1) is 0 Å². The SMILES string of the molecule is CC/C=C\C/C=C\C/C=C\C/C=C\C/C=C\CCCCCC(=O)OC[C@H](COP(=O)(O)OCCN)OC(=O)CCCCCCC/C=C\C/C=C\C/C=C\CC. The summed E-state index contributed by atoms with van der Waals surface area (Å²) in [5.41, 5.74) is 5.34. The van der Waals surface area contributed by atoms with Crippen LogP contribution < -0.4 is 5.73 Å². The molecule has 9 nitrogen and oxygen atoms in total. The molecule has 0 aliphatic rings. The third-order valence-corrected chi connectivity index (χ3v) is 8.95. The maximum atomic E-state index is 12.6. The van der Waals surface area contributed by atoms with Gasteiger partial charge < -0.3 is 20.1 Å². The van der Waals surface area contributed by atoms with Gasteiger partial charge in [-0.15, -0.1) is 0 Å². The fraction of sp³-hybridized carbons (Fsp3) is 0.600. The molecule has 0 heterocycles. The topological polar surface area (TPSA) is 134 Å². The Labute approximate surface area is 334 Å². The van der Waals surface area contributed by atoms with Crippen LogP contribution in [0.5, 0.6) is 0 Å². The third-order valence-electron chi connectivity index (χ3n) is 7.97. The normalized spacial score (nSPS) is 14.3. The predicted molar refractivity (Wildman–Crippen MR) is 228 cm³/mol. The summed E-state index contributed by atoms with van der Waals surface area (Å²) < 4.78 is 32.7. The summed E-state index contributed by atoms with van der Waals surface area (Å²) in [6, 6.07) is 0. The van der Waals surface area contributed by atoms with Crippen LogP contribution in [0.1, 0.15) is 142 Å². The van der Waals surface area contributed by atoms with E-state index in [1.807, 2.05) is 0 Å². The number of hydrogen-bond donors (Lipinski definition) is 2. The number of ether oxygens (including phenoxy) is 2. The van der Waals surface area contributed by atoms with E-state index in [0.717, 1.165) is 103 Å². The molecule has 0 radical (unpaired) electrons. The predicted octanol–water partition coefficient (Wildman–Crippen LogP) is 11.8. The molecule has 0 rings (SSSR count). The zero-order valence-corrected chi connectivity index (χ0v) is 35.0. The first-order valence-electron chi connectivity index (χ1n) is 20.7. The number of phosphoric ester groups is 1. The highest BCUT2D eigenvalue weighted by Gasteiger charge is 2.25. The third kappa shape index (κ3) is 40.4. The molecule has 55 heavy (non-hydrogen) atoms. The van der Waals surface area contributed by atoms with Crippen molar-refractivity contribution in [3.63, 3.8) is 0 Å². The molecule has 1 unspecified atom stereocenters. The van der Waals surface area contributed by atoms with Crippen LogP contribution in [0.4, 0.5) is 0 Å². The number of allylic oxidation sites excluding steroid dienone is 16. The summed E-state index contributed by atoms with van der Waals surface area (Å²) in [5, 5.41) is 0. The largest absolute Gasteiger partial charge is 0.472 e. The number of carbonyl (C=O) groups excluding carboxylic acids is 2. The zero-order chi connectivity index (χ0) is 40.3. The van der Waals surface area contributed by atoms with Gasteiger partial charge in [0.25, 0.3) is 0 Å². The number of rotatable bonds is 37. The fourth-order valence-electron chi connectivity index (χ4n) is 4.97. The van der Waals surface area contributed by atoms with Gasteiger partial charge in [0.15, 0.2) is 6.10 Å². The van der Waals surface area contributed by atoms with E-state index in [1.54, 1.807) is 0 Å². The first-order chi connectivity index (χ1) is 26.8. The summed E-state index contributed by atoms with van der Waals surface area (Å²) in [4.78, 5) is 34.8. The maximum Gasteiger partial charge on any atom is 0.472 e. The first kappa shape index (κ1) is 51.9. The average Bonchev–Trinajstić information content (AvgIpc) is 3.17. The summed E-state index contributed by atoms with van der Waals surface area (Å²) >= 11 is 0. The number of unbranched alkanes of at least 4 members (excludes halogenated alkanes) is 8. The second kappa shape index (κ2) is 40.6. The molecule has 10 heteroatoms. The molecule has 0 fully saturated rings. The molecule has 0 aromatic rings. The first-order valence-corrected chi connectivity index (χ1v) is 22.2. The highest BCUT2D eigenvalue weighted by Crippen LogP contribution is 2.43. The second-order valence-electron chi connectivity index (χ2n) is 13.1. The minimum Gasteiger partial charge on any atom is -0.462 e. The van der Waals surface area contributed by atoms with Crippen molar-refractivity contribution in [1.29, 1.82) is 0 Å². The van der Waals surface area contributed by atoms with Gasteiger partial charge in [-0.1, -0.05) is 137 Å². The Morgan fingerprint density at radius 3 is 1.42 bits per heavy atom. The fourth-order valence-corrected chi connectivity index (χ4v) is 5.73. The summed E-state index contributed by atoms with van der Waals surface area (Å²) in [7, 11) is -4.40. The standard InChI is InChI=1S/C45H74NO8P/c1-3-5-7-9-11-13-15-17-19-20-21-22-24-25-27-29-31-33-35-37-44(47)51-41-43(42-53-55(49,50)52-40-39-46)54-45(48)38-36-34-32-30-28-26-23-18-16-14-12-10-8-6-4-2/h5-8,11-14,17-19,21-23,25,27,43H,3-4,9-10,15-16,20,24,26,28-42,46H2,1-2H3,(H,49,50)/b7-5-,8-6-,13-11-,14-12-,19-17-,22-21-,23-18-,27-25-/t43-/m1/s1. The molecule has 2 atom stereocenters. The van der Waals surface area contributed by atoms with Gasteiger partial charge >= 0.3 is 19.8 Å². The van der Waals surface area contributed by atoms with E-state index in [1.165, 1.54) is 0 Å². The van der Waals surface area contributed by atoms with Crippen molar-refractivity contribution in [1.82, 2.24) is 0 Å². The van der Waals surface area contributed by atoms with Gasteiger partial charge in [0.2, 0.25) is 0 Å². The monoisotopic (exact) mass is 788 g/mol. The Morgan fingerprint density at radius 1 is 0.545 bits per heavy atom. The highest BCUT2D eigenvalue weighted by molar-refractivity contribution is 7.47. The minimum absolute atomic E-state index is 0.0397. The number of carbonyl (C=O) groups is 2. The Bertz CT molecular complexity index is 1220. The lowest BCUT2D eigenvalue weighted by Gasteiger charge is -2.19. The maximum absolute atomic E-state index is 12.6. The number of phosphoric acid groups is 1. The summed E-state index contributed by atoms with van der Waals surface area (Å²) in [6.07, 6.45) is 51.5. The van der Waals surface area contributed by atoms with Crippen LogP contribution in [0.15, 0.2) is 97.2 Å². The quantitative estimate of drug-likeness (QED) is 0.0273. The molecule has 0 aliphatic heterocycles. The molecule has 0 aromatic carbocycles. The zero-order valence-electron chi connectivity index (χ0n) is 34.1. The van der Waals surface area contributed by atoms with E-state index in [2.05, 4.69) is 111 Å². The molecule has 0 saturated carbocycles. The highest BCUT2D eigenvalue weighted by atomic mass is 31.2. The van der Waals surface area contributed by atoms with E-state index in [9.17, 15) is 19.0 Å². The Balaban J connectivity index is 4.29. The lowest BCUT2D eigenvalue weighted by molar-refractivity contribution is -0.161. The van der Waals surface area contributed by atoms with Crippen LogP contribution >= 0.6 is 7.82 Å². The van der Waals surface area contributed by atoms with Crippen molar-refractivity contribution >= 4 is 19.8 Å². The molecule has 0 saturated heterocycles. The molecule has 0 aromatic heterocycles. The molecule has 0 amide bonds. The molecular formula is C45H74NO8P. The van der Waals surface area contributed by atoms with E-state index in [-0.39, 0.29) is 32.6 Å². The van der Waals surface area contributed by atoms with Gasteiger partial charge in [-0.3, -0.25) is 18.6 Å². The smallest absolute Gasteiger partial charge is 0.462 e. The van der Waals surface area contributed by atoms with E-state index in [4.69, 9.17) is 24.3 Å². The van der Waals surface area contributed by atoms with Gasteiger partial charge in [-0.25, -0.2) is 4.57 Å². The van der Waals surface area contributed by atoms with Crippen molar-refractivity contribution in [2.45, 2.75) is 148 Å². The summed E-state index contributed by atoms with van der Waals surface area (Å²) in [5.74, 6) is -0.898. The van der Waals surface area contributed by atoms with Crippen molar-refractivity contribution in [3.8, 4) is 0 Å². The Kier molecular flexibility index (Phi) is 38.3. The van der Waals surface area contributed by atoms with Crippen LogP contribution in [0.25, 0.3) is 0 Å². The number of hydrogen-bond acceptors (Lipinski definition) is 8. The average molecular weight is 788 g/mol. The lowest BCUT2D eigenvalue weighted by atomic mass is 10.1. The number of nitrogens with two attached hydrogens (primary N) is 1. The van der Waals surface area contributed by atoms with Crippen LogP contribution in [0.3, 0.4) is 0 Å². The van der Waals surface area contributed by atoms with Gasteiger partial charge in [0.1, 0.15) is 6.61 Å². The van der Waals surface area contributed by atoms with Gasteiger partial charge in [0.05, 0.1) is 13.2 Å². The van der Waals surface area contributed by atoms with Gasteiger partial charge in [-0.05, 0) is 89.9 Å². The molecule has 0 bridgehead atoms. The van der Waals surface area contributed by atoms with Crippen molar-refractivity contribution in [3.05, 3.63) is 97.2 Å². The van der Waals surface area contributed by atoms with Crippen molar-refractivity contribution in [2.24, 2.45) is 5.73 Å². The minimum atomic E-state index is -4.40. The molecule has 0 aliphatic carbocycles. The van der Waals surface area contributed by atoms with E-state index in [0.29, 0.717) is 12.8 Å². The Morgan fingerprint density at radius 2 is 0.945 bits per heavy atom. The van der Waals surface area contributed by atoms with Crippen molar-refractivity contribution < 1.29 is 37.6 Å². The molecule has 0 spiro atoms. The molecule has 3 N–H and O–H groups in total. The lowest BCUT2D eigenvalue weighted by Crippen LogP contribution is -2.29. The van der Waals surface area contributed by atoms with Gasteiger partial charge in [0, 0.05) is 19.4 Å². The van der Waals surface area contributed by atoms with E-state index >= 15 is 0 Å². The molecular weight excluding hydrogens is 713 g/mol. The van der Waals surface area contributed by atoms with Crippen LogP contribution in [-0.2, 0) is 32.7 Å². The summed E-state index contributed by atoms with van der Waals surface area (Å²) in [6.45, 7) is 3.41. The van der Waals surface area contributed by atoms with Gasteiger partial charge in [-0.2, -0.15) is 0 Å². The second-order valence-corrected chi connectivity index (χ2v) is 14.5. The van der Waals surface area contributed by atoms with Crippen molar-refractivity contribution in [2.75, 3.05) is 26.4 Å².